The first-order valence-electron chi connectivity index (χ1n) is 10.1. The molecule has 1 aromatic carbocycles. The van der Waals surface area contributed by atoms with Crippen LogP contribution >= 0.6 is 24.0 Å². The van der Waals surface area contributed by atoms with Gasteiger partial charge in [-0.1, -0.05) is 12.1 Å². The van der Waals surface area contributed by atoms with Gasteiger partial charge in [0, 0.05) is 31.7 Å². The zero-order chi connectivity index (χ0) is 18.2. The molecule has 0 atom stereocenters. The highest BCUT2D eigenvalue weighted by Crippen LogP contribution is 2.36. The molecule has 1 saturated carbocycles. The maximum atomic E-state index is 5.65. The number of nitrogens with one attached hydrogen (secondary N) is 2. The summed E-state index contributed by atoms with van der Waals surface area (Å²) in [5.41, 5.74) is 1.39. The molecule has 27 heavy (non-hydrogen) atoms. The van der Waals surface area contributed by atoms with Crippen LogP contribution in [0.25, 0.3) is 0 Å². The lowest BCUT2D eigenvalue weighted by Crippen LogP contribution is -2.41. The van der Waals surface area contributed by atoms with Crippen LogP contribution in [0.5, 0.6) is 5.75 Å². The predicted octanol–water partition coefficient (Wildman–Crippen LogP) is 3.72. The summed E-state index contributed by atoms with van der Waals surface area (Å²) in [6.07, 6.45) is 4.71. The van der Waals surface area contributed by atoms with E-state index in [1.807, 2.05) is 6.92 Å². The zero-order valence-electron chi connectivity index (χ0n) is 16.6. The molecule has 1 aliphatic carbocycles. The van der Waals surface area contributed by atoms with Gasteiger partial charge in [-0.05, 0) is 63.1 Å². The van der Waals surface area contributed by atoms with Gasteiger partial charge in [0.1, 0.15) is 5.75 Å². The first kappa shape index (κ1) is 22.3. The molecule has 2 aliphatic rings. The minimum Gasteiger partial charge on any atom is -0.494 e. The van der Waals surface area contributed by atoms with Gasteiger partial charge in [0.05, 0.1) is 13.2 Å². The van der Waals surface area contributed by atoms with Crippen molar-refractivity contribution in [2.24, 2.45) is 10.9 Å². The van der Waals surface area contributed by atoms with Crippen molar-refractivity contribution in [3.63, 3.8) is 0 Å². The third-order valence-corrected chi connectivity index (χ3v) is 5.37. The second-order valence-corrected chi connectivity index (χ2v) is 7.37. The molecule has 6 heteroatoms. The van der Waals surface area contributed by atoms with Crippen molar-refractivity contribution in [1.82, 2.24) is 10.6 Å². The van der Waals surface area contributed by atoms with Crippen molar-refractivity contribution in [3.8, 4) is 5.75 Å². The first-order chi connectivity index (χ1) is 12.8. The molecule has 0 aromatic heterocycles. The summed E-state index contributed by atoms with van der Waals surface area (Å²) in [4.78, 5) is 4.95. The summed E-state index contributed by atoms with van der Waals surface area (Å²) < 4.78 is 11.2. The number of ether oxygens (including phenoxy) is 2. The Bertz CT molecular complexity index is 582. The summed E-state index contributed by atoms with van der Waals surface area (Å²) in [6, 6.07) is 8.57. The van der Waals surface area contributed by atoms with Gasteiger partial charge in [-0.15, -0.1) is 24.0 Å². The fraction of sp³-hybridized carbons (Fsp3) is 0.667. The van der Waals surface area contributed by atoms with Gasteiger partial charge in [0.25, 0.3) is 0 Å². The van der Waals surface area contributed by atoms with Crippen LogP contribution in [0.15, 0.2) is 29.3 Å². The minimum atomic E-state index is 0. The van der Waals surface area contributed by atoms with E-state index < -0.39 is 0 Å². The van der Waals surface area contributed by atoms with Gasteiger partial charge in [-0.25, -0.2) is 0 Å². The Morgan fingerprint density at radius 3 is 2.44 bits per heavy atom. The average Bonchev–Trinajstić information content (AvgIpc) is 3.50. The van der Waals surface area contributed by atoms with Crippen LogP contribution in [0.3, 0.4) is 0 Å². The van der Waals surface area contributed by atoms with E-state index in [0.717, 1.165) is 63.3 Å². The van der Waals surface area contributed by atoms with Crippen LogP contribution in [-0.4, -0.2) is 45.4 Å². The molecule has 1 aliphatic heterocycles. The van der Waals surface area contributed by atoms with Crippen molar-refractivity contribution < 1.29 is 9.47 Å². The SMILES string of the molecule is CCNC(=NCC1(c2ccc(OCC)cc2)CCOCC1)NCC1CC1.I. The molecule has 5 nitrogen and oxygen atoms in total. The Morgan fingerprint density at radius 1 is 1.15 bits per heavy atom. The molecule has 0 radical (unpaired) electrons. The number of hydrogen-bond acceptors (Lipinski definition) is 3. The Labute approximate surface area is 180 Å². The van der Waals surface area contributed by atoms with E-state index in [2.05, 4.69) is 41.8 Å². The van der Waals surface area contributed by atoms with E-state index in [1.54, 1.807) is 0 Å². The highest BCUT2D eigenvalue weighted by Gasteiger charge is 2.34. The van der Waals surface area contributed by atoms with E-state index >= 15 is 0 Å². The number of hydrogen-bond donors (Lipinski definition) is 2. The molecule has 0 bridgehead atoms. The fourth-order valence-corrected chi connectivity index (χ4v) is 3.51. The number of nitrogens with zero attached hydrogens (tertiary/aromatic N) is 1. The van der Waals surface area contributed by atoms with Gasteiger partial charge in [-0.2, -0.15) is 0 Å². The summed E-state index contributed by atoms with van der Waals surface area (Å²) in [5.74, 6) is 2.71. The standard InChI is InChI=1S/C21H33N3O2.HI/c1-3-22-20(23-15-17-5-6-17)24-16-21(11-13-25-14-12-21)18-7-9-19(10-8-18)26-4-2;/h7-10,17H,3-6,11-16H2,1-2H3,(H2,22,23,24);1H. The van der Waals surface area contributed by atoms with Crippen molar-refractivity contribution in [3.05, 3.63) is 29.8 Å². The normalized spacial score (nSPS) is 19.1. The molecule has 2 fully saturated rings. The molecule has 1 heterocycles. The zero-order valence-corrected chi connectivity index (χ0v) is 19.0. The number of guanidine groups is 1. The molecular formula is C21H34IN3O2. The molecule has 0 spiro atoms. The molecule has 0 unspecified atom stereocenters. The third kappa shape index (κ3) is 6.52. The fourth-order valence-electron chi connectivity index (χ4n) is 3.51. The van der Waals surface area contributed by atoms with E-state index in [1.165, 1.54) is 18.4 Å². The highest BCUT2D eigenvalue weighted by atomic mass is 127. The van der Waals surface area contributed by atoms with E-state index in [9.17, 15) is 0 Å². The van der Waals surface area contributed by atoms with Crippen LogP contribution in [0, 0.1) is 5.92 Å². The van der Waals surface area contributed by atoms with Crippen molar-refractivity contribution >= 4 is 29.9 Å². The second kappa shape index (κ2) is 11.1. The second-order valence-electron chi connectivity index (χ2n) is 7.37. The first-order valence-corrected chi connectivity index (χ1v) is 10.1. The Morgan fingerprint density at radius 2 is 1.85 bits per heavy atom. The smallest absolute Gasteiger partial charge is 0.191 e. The van der Waals surface area contributed by atoms with Gasteiger partial charge in [-0.3, -0.25) is 4.99 Å². The molecule has 1 saturated heterocycles. The van der Waals surface area contributed by atoms with Crippen molar-refractivity contribution in [1.29, 1.82) is 0 Å². The van der Waals surface area contributed by atoms with Crippen LogP contribution < -0.4 is 15.4 Å². The lowest BCUT2D eigenvalue weighted by atomic mass is 9.74. The van der Waals surface area contributed by atoms with Gasteiger partial charge < -0.3 is 20.1 Å². The largest absolute Gasteiger partial charge is 0.494 e. The average molecular weight is 487 g/mol. The number of aliphatic imine (C=N–C) groups is 1. The number of benzene rings is 1. The summed E-state index contributed by atoms with van der Waals surface area (Å²) in [6.45, 7) is 9.13. The van der Waals surface area contributed by atoms with Crippen LogP contribution in [-0.2, 0) is 10.2 Å². The van der Waals surface area contributed by atoms with Crippen molar-refractivity contribution in [2.75, 3.05) is 39.5 Å². The van der Waals surface area contributed by atoms with E-state index in [4.69, 9.17) is 14.5 Å². The molecule has 152 valence electrons. The summed E-state index contributed by atoms with van der Waals surface area (Å²) in [7, 11) is 0. The molecule has 1 aromatic rings. The monoisotopic (exact) mass is 487 g/mol. The van der Waals surface area contributed by atoms with Gasteiger partial charge in [0.15, 0.2) is 5.96 Å². The predicted molar refractivity (Wildman–Crippen MR) is 121 cm³/mol. The maximum Gasteiger partial charge on any atom is 0.191 e. The lowest BCUT2D eigenvalue weighted by molar-refractivity contribution is 0.0531. The lowest BCUT2D eigenvalue weighted by Gasteiger charge is -2.36. The minimum absolute atomic E-state index is 0. The van der Waals surface area contributed by atoms with Crippen LogP contribution in [0.1, 0.15) is 45.1 Å². The van der Waals surface area contributed by atoms with Gasteiger partial charge >= 0.3 is 0 Å². The molecular weight excluding hydrogens is 453 g/mol. The van der Waals surface area contributed by atoms with Gasteiger partial charge in [0.2, 0.25) is 0 Å². The van der Waals surface area contributed by atoms with Crippen LogP contribution in [0.4, 0.5) is 0 Å². The molecule has 0 amide bonds. The number of halogens is 1. The Balaban J connectivity index is 0.00000261. The summed E-state index contributed by atoms with van der Waals surface area (Å²) >= 11 is 0. The van der Waals surface area contributed by atoms with E-state index in [0.29, 0.717) is 6.61 Å². The molecule has 2 N–H and O–H groups in total. The number of rotatable bonds is 8. The van der Waals surface area contributed by atoms with Crippen molar-refractivity contribution in [2.45, 2.75) is 44.9 Å². The maximum absolute atomic E-state index is 5.65. The summed E-state index contributed by atoms with van der Waals surface area (Å²) in [5, 5.41) is 6.89. The Kier molecular flexibility index (Phi) is 9.15. The van der Waals surface area contributed by atoms with E-state index in [-0.39, 0.29) is 29.4 Å². The molecule has 3 rings (SSSR count). The highest BCUT2D eigenvalue weighted by molar-refractivity contribution is 14.0. The topological polar surface area (TPSA) is 54.9 Å². The van der Waals surface area contributed by atoms with Crippen LogP contribution in [0.2, 0.25) is 0 Å². The Hall–Kier alpha value is -1.02. The quantitative estimate of drug-likeness (QED) is 0.334. The third-order valence-electron chi connectivity index (χ3n) is 5.37.